The monoisotopic (exact) mass is 724 g/mol. The van der Waals surface area contributed by atoms with Gasteiger partial charge in [-0.3, -0.25) is 0 Å². The number of para-hydroxylation sites is 3. The molecule has 2 heteroatoms. The summed E-state index contributed by atoms with van der Waals surface area (Å²) in [6, 6.07) is 80.6. The predicted octanol–water partition coefficient (Wildman–Crippen LogP) is 14.3. The van der Waals surface area contributed by atoms with E-state index in [-0.39, 0.29) is 0 Å². The summed E-state index contributed by atoms with van der Waals surface area (Å²) < 4.78 is 2.55. The molecule has 10 aromatic rings. The Morgan fingerprint density at radius 3 is 1.67 bits per heavy atom. The highest BCUT2D eigenvalue weighted by Gasteiger charge is 2.49. The van der Waals surface area contributed by atoms with Gasteiger partial charge in [0.25, 0.3) is 0 Å². The third-order valence-electron chi connectivity index (χ3n) is 12.4. The predicted molar refractivity (Wildman–Crippen MR) is 237 cm³/mol. The maximum absolute atomic E-state index is 2.55. The molecule has 0 unspecified atom stereocenters. The summed E-state index contributed by atoms with van der Waals surface area (Å²) in [5.74, 6) is 0. The molecule has 266 valence electrons. The van der Waals surface area contributed by atoms with E-state index in [1.807, 2.05) is 0 Å². The lowest BCUT2D eigenvalue weighted by Crippen LogP contribution is -2.29. The Labute approximate surface area is 332 Å². The molecule has 2 heterocycles. The van der Waals surface area contributed by atoms with Gasteiger partial charge in [0, 0.05) is 39.0 Å². The summed E-state index contributed by atoms with van der Waals surface area (Å²) in [7, 11) is 0. The van der Waals surface area contributed by atoms with Crippen LogP contribution in [0.1, 0.15) is 22.3 Å². The van der Waals surface area contributed by atoms with Gasteiger partial charge in [0.05, 0.1) is 22.1 Å². The van der Waals surface area contributed by atoms with Crippen LogP contribution < -0.4 is 4.90 Å². The molecule has 0 spiro atoms. The molecule has 0 bridgehead atoms. The number of aromatic nitrogens is 1. The van der Waals surface area contributed by atoms with Gasteiger partial charge in [-0.1, -0.05) is 170 Å². The summed E-state index contributed by atoms with van der Waals surface area (Å²) in [4.78, 5) is 2.44. The lowest BCUT2D eigenvalue weighted by atomic mass is 9.67. The fraction of sp³-hybridized carbons (Fsp3) is 0.0182. The van der Waals surface area contributed by atoms with Crippen molar-refractivity contribution in [3.63, 3.8) is 0 Å². The highest BCUT2D eigenvalue weighted by atomic mass is 15.1. The highest BCUT2D eigenvalue weighted by molar-refractivity contribution is 6.19. The van der Waals surface area contributed by atoms with Crippen molar-refractivity contribution in [2.75, 3.05) is 4.90 Å². The molecular weight excluding hydrogens is 689 g/mol. The normalized spacial score (nSPS) is 13.1. The van der Waals surface area contributed by atoms with Crippen molar-refractivity contribution in [2.24, 2.45) is 0 Å². The van der Waals surface area contributed by atoms with Gasteiger partial charge in [0.15, 0.2) is 0 Å². The van der Waals surface area contributed by atoms with Gasteiger partial charge in [-0.2, -0.15) is 0 Å². The molecule has 1 aliphatic carbocycles. The number of hydrogen-bond donors (Lipinski definition) is 0. The first-order valence-electron chi connectivity index (χ1n) is 19.8. The van der Waals surface area contributed by atoms with Crippen LogP contribution in [0.3, 0.4) is 0 Å². The van der Waals surface area contributed by atoms with Gasteiger partial charge in [-0.15, -0.1) is 0 Å². The standard InChI is InChI=1S/C55H36N2/c1-5-17-37(18-6-1)38-29-31-42(32-30-38)56(41-23-11-4-12-24-41)43-35-47-45-26-14-16-28-51(45)57-50-27-15-13-25-44(50)46-33-34-48-53(54(46)57)52(47)49(36-43)55(48,39-19-7-2-8-20-39)40-21-9-3-10-22-40/h1-36H. The van der Waals surface area contributed by atoms with Crippen molar-refractivity contribution in [3.05, 3.63) is 241 Å². The zero-order chi connectivity index (χ0) is 37.5. The van der Waals surface area contributed by atoms with Crippen LogP contribution in [0.4, 0.5) is 17.1 Å². The first-order chi connectivity index (χ1) is 28.3. The van der Waals surface area contributed by atoms with Crippen LogP contribution >= 0.6 is 0 Å². The van der Waals surface area contributed by atoms with Crippen LogP contribution in [0.2, 0.25) is 0 Å². The third-order valence-corrected chi connectivity index (χ3v) is 12.4. The minimum absolute atomic E-state index is 0.584. The van der Waals surface area contributed by atoms with Gasteiger partial charge in [0.2, 0.25) is 0 Å². The molecule has 2 nitrogen and oxygen atoms in total. The van der Waals surface area contributed by atoms with Gasteiger partial charge in [-0.25, -0.2) is 0 Å². The van der Waals surface area contributed by atoms with Crippen LogP contribution in [0.15, 0.2) is 218 Å². The Kier molecular flexibility index (Phi) is 6.88. The van der Waals surface area contributed by atoms with Crippen molar-refractivity contribution in [3.8, 4) is 39.1 Å². The van der Waals surface area contributed by atoms with Crippen molar-refractivity contribution in [1.82, 2.24) is 4.57 Å². The van der Waals surface area contributed by atoms with E-state index in [9.17, 15) is 0 Å². The second-order valence-electron chi connectivity index (χ2n) is 15.2. The number of nitrogens with zero attached hydrogens (tertiary/aromatic N) is 2. The second kappa shape index (κ2) is 12.3. The maximum Gasteiger partial charge on any atom is 0.0715 e. The molecule has 57 heavy (non-hydrogen) atoms. The molecule has 12 rings (SSSR count). The zero-order valence-corrected chi connectivity index (χ0v) is 31.2. The smallest absolute Gasteiger partial charge is 0.0715 e. The highest BCUT2D eigenvalue weighted by Crippen LogP contribution is 2.63. The van der Waals surface area contributed by atoms with E-state index >= 15 is 0 Å². The second-order valence-corrected chi connectivity index (χ2v) is 15.2. The average Bonchev–Trinajstić information content (AvgIpc) is 3.74. The number of fused-ring (bicyclic) bond motifs is 6. The molecule has 0 atom stereocenters. The van der Waals surface area contributed by atoms with E-state index in [4.69, 9.17) is 0 Å². The molecule has 0 saturated carbocycles. The molecule has 0 N–H and O–H groups in total. The summed E-state index contributed by atoms with van der Waals surface area (Å²) in [5, 5.41) is 2.56. The first-order valence-corrected chi connectivity index (χ1v) is 19.8. The van der Waals surface area contributed by atoms with Crippen molar-refractivity contribution in [1.29, 1.82) is 0 Å². The van der Waals surface area contributed by atoms with Crippen molar-refractivity contribution in [2.45, 2.75) is 5.41 Å². The number of benzene rings is 9. The average molecular weight is 725 g/mol. The van der Waals surface area contributed by atoms with Crippen molar-refractivity contribution >= 4 is 38.9 Å². The molecule has 0 amide bonds. The molecule has 0 radical (unpaired) electrons. The molecule has 1 aromatic heterocycles. The first kappa shape index (κ1) is 31.9. The molecule has 0 saturated heterocycles. The van der Waals surface area contributed by atoms with Gasteiger partial charge in [0.1, 0.15) is 0 Å². The Morgan fingerprint density at radius 2 is 0.947 bits per heavy atom. The van der Waals surface area contributed by atoms with E-state index in [1.165, 1.54) is 83.1 Å². The topological polar surface area (TPSA) is 8.17 Å². The Bertz CT molecular complexity index is 3110. The summed E-state index contributed by atoms with van der Waals surface area (Å²) in [5.41, 5.74) is 19.1. The number of rotatable bonds is 6. The van der Waals surface area contributed by atoms with Crippen LogP contribution in [-0.2, 0) is 5.41 Å². The summed E-state index contributed by atoms with van der Waals surface area (Å²) in [6.45, 7) is 0. The molecule has 1 aliphatic heterocycles. The minimum atomic E-state index is -0.584. The van der Waals surface area contributed by atoms with E-state index < -0.39 is 5.41 Å². The molecule has 2 aliphatic rings. The summed E-state index contributed by atoms with van der Waals surface area (Å²) >= 11 is 0. The lowest BCUT2D eigenvalue weighted by Gasteiger charge is -2.35. The van der Waals surface area contributed by atoms with Crippen LogP contribution in [0, 0.1) is 0 Å². The number of hydrogen-bond acceptors (Lipinski definition) is 1. The molecule has 0 fully saturated rings. The third kappa shape index (κ3) is 4.47. The Morgan fingerprint density at radius 1 is 0.368 bits per heavy atom. The Balaban J connectivity index is 1.24. The quantitative estimate of drug-likeness (QED) is 0.166. The van der Waals surface area contributed by atoms with Gasteiger partial charge >= 0.3 is 0 Å². The van der Waals surface area contributed by atoms with Crippen LogP contribution in [0.25, 0.3) is 60.9 Å². The lowest BCUT2D eigenvalue weighted by molar-refractivity contribution is 0.769. The Hall–Kier alpha value is -7.42. The van der Waals surface area contributed by atoms with E-state index in [0.29, 0.717) is 0 Å². The van der Waals surface area contributed by atoms with Crippen LogP contribution in [-0.4, -0.2) is 4.57 Å². The molecular formula is C55H36N2. The maximum atomic E-state index is 2.55. The van der Waals surface area contributed by atoms with Gasteiger partial charge in [-0.05, 0) is 93.0 Å². The number of anilines is 3. The van der Waals surface area contributed by atoms with E-state index in [2.05, 4.69) is 228 Å². The van der Waals surface area contributed by atoms with E-state index in [1.54, 1.807) is 0 Å². The fourth-order valence-corrected chi connectivity index (χ4v) is 10.1. The zero-order valence-electron chi connectivity index (χ0n) is 31.2. The van der Waals surface area contributed by atoms with Gasteiger partial charge < -0.3 is 9.47 Å². The van der Waals surface area contributed by atoms with E-state index in [0.717, 1.165) is 17.1 Å². The largest absolute Gasteiger partial charge is 0.310 e. The van der Waals surface area contributed by atoms with Crippen LogP contribution in [0.5, 0.6) is 0 Å². The van der Waals surface area contributed by atoms with Crippen molar-refractivity contribution < 1.29 is 0 Å². The minimum Gasteiger partial charge on any atom is -0.310 e. The SMILES string of the molecule is c1ccc(-c2ccc(N(c3ccccc3)c3cc4c5c(c3)C(c3ccccc3)(c3ccccc3)c3ccc6c7ccccc7n(c6c3-5)-c3ccccc3-4)cc2)cc1. The summed E-state index contributed by atoms with van der Waals surface area (Å²) in [6.07, 6.45) is 0. The molecule has 9 aromatic carbocycles. The fourth-order valence-electron chi connectivity index (χ4n) is 10.1.